The van der Waals surface area contributed by atoms with Gasteiger partial charge in [0, 0.05) is 11.1 Å². The highest BCUT2D eigenvalue weighted by Gasteiger charge is 2.45. The standard InChI is InChI=1S/C13H23Cl2NSi/c1-12(2,3)10-8-7-9-11(10)17(14,15)16-13(4,5)6/h7-9,11,16H,1-6H3. The highest BCUT2D eigenvalue weighted by atomic mass is 35.7. The van der Waals surface area contributed by atoms with Crippen LogP contribution in [0.3, 0.4) is 0 Å². The monoisotopic (exact) mass is 291 g/mol. The van der Waals surface area contributed by atoms with Gasteiger partial charge in [0.2, 0.25) is 0 Å². The molecule has 0 aromatic heterocycles. The van der Waals surface area contributed by atoms with Gasteiger partial charge in [0.15, 0.2) is 0 Å². The van der Waals surface area contributed by atoms with Gasteiger partial charge in [0.05, 0.1) is 0 Å². The van der Waals surface area contributed by atoms with Crippen molar-refractivity contribution in [2.75, 3.05) is 0 Å². The Labute approximate surface area is 116 Å². The average Bonchev–Trinajstić information content (AvgIpc) is 2.44. The Morgan fingerprint density at radius 2 is 1.65 bits per heavy atom. The van der Waals surface area contributed by atoms with Gasteiger partial charge in [-0.2, -0.15) is 0 Å². The molecule has 17 heavy (non-hydrogen) atoms. The number of nitrogens with one attached hydrogen (secondary N) is 1. The van der Waals surface area contributed by atoms with Crippen LogP contribution >= 0.6 is 22.2 Å². The molecule has 0 fully saturated rings. The summed E-state index contributed by atoms with van der Waals surface area (Å²) in [6.07, 6.45) is 6.36. The summed E-state index contributed by atoms with van der Waals surface area (Å²) in [4.78, 5) is 3.42. The molecule has 1 aliphatic rings. The molecule has 0 heterocycles. The zero-order valence-corrected chi connectivity index (χ0v) is 14.1. The van der Waals surface area contributed by atoms with Crippen LogP contribution in [0.4, 0.5) is 0 Å². The van der Waals surface area contributed by atoms with Gasteiger partial charge in [-0.3, -0.25) is 0 Å². The van der Waals surface area contributed by atoms with Crippen molar-refractivity contribution in [3.8, 4) is 0 Å². The summed E-state index contributed by atoms with van der Waals surface area (Å²) in [6.45, 7) is 10.4. The predicted molar refractivity (Wildman–Crippen MR) is 80.8 cm³/mol. The number of halogens is 2. The molecule has 0 aromatic carbocycles. The van der Waals surface area contributed by atoms with Crippen LogP contribution in [0, 0.1) is 5.41 Å². The van der Waals surface area contributed by atoms with E-state index < -0.39 is 6.86 Å². The third kappa shape index (κ3) is 4.13. The van der Waals surface area contributed by atoms with Gasteiger partial charge in [-0.1, -0.05) is 44.6 Å². The summed E-state index contributed by atoms with van der Waals surface area (Å²) in [6, 6.07) is 0. The Hall–Kier alpha value is 0.237. The lowest BCUT2D eigenvalue weighted by Gasteiger charge is -2.36. The molecule has 4 heteroatoms. The molecule has 1 atom stereocenters. The lowest BCUT2D eigenvalue weighted by molar-refractivity contribution is 0.485. The molecule has 98 valence electrons. The van der Waals surface area contributed by atoms with E-state index in [9.17, 15) is 0 Å². The Kier molecular flexibility index (Phi) is 4.25. The quantitative estimate of drug-likeness (QED) is 0.574. The molecule has 0 spiro atoms. The highest BCUT2D eigenvalue weighted by Crippen LogP contribution is 2.46. The van der Waals surface area contributed by atoms with Crippen LogP contribution in [-0.2, 0) is 0 Å². The van der Waals surface area contributed by atoms with Crippen LogP contribution in [0.2, 0.25) is 5.54 Å². The molecule has 0 aliphatic heterocycles. The average molecular weight is 292 g/mol. The van der Waals surface area contributed by atoms with Crippen molar-refractivity contribution in [2.45, 2.75) is 52.6 Å². The van der Waals surface area contributed by atoms with Crippen LogP contribution in [-0.4, -0.2) is 12.4 Å². The van der Waals surface area contributed by atoms with Gasteiger partial charge in [-0.05, 0) is 26.2 Å². The van der Waals surface area contributed by atoms with E-state index in [0.717, 1.165) is 0 Å². The normalized spacial score (nSPS) is 21.9. The predicted octanol–water partition coefficient (Wildman–Crippen LogP) is 4.70. The van der Waals surface area contributed by atoms with E-state index in [4.69, 9.17) is 22.2 Å². The lowest BCUT2D eigenvalue weighted by Crippen LogP contribution is -2.54. The zero-order chi connectivity index (χ0) is 13.5. The van der Waals surface area contributed by atoms with Crippen molar-refractivity contribution in [3.63, 3.8) is 0 Å². The molecule has 0 saturated carbocycles. The minimum absolute atomic E-state index is 0.0604. The van der Waals surface area contributed by atoms with Crippen molar-refractivity contribution < 1.29 is 0 Å². The first-order valence-corrected chi connectivity index (χ1v) is 10.1. The Bertz CT molecular complexity index is 345. The van der Waals surface area contributed by atoms with E-state index in [-0.39, 0.29) is 16.5 Å². The molecule has 1 N–H and O–H groups in total. The number of allylic oxidation sites excluding steroid dienone is 4. The maximum atomic E-state index is 6.63. The molecule has 1 rings (SSSR count). The third-order valence-corrected chi connectivity index (χ3v) is 7.06. The van der Waals surface area contributed by atoms with Crippen molar-refractivity contribution >= 4 is 29.0 Å². The van der Waals surface area contributed by atoms with E-state index >= 15 is 0 Å². The van der Waals surface area contributed by atoms with Crippen LogP contribution in [0.5, 0.6) is 0 Å². The van der Waals surface area contributed by atoms with E-state index in [1.54, 1.807) is 0 Å². The molecule has 0 saturated heterocycles. The van der Waals surface area contributed by atoms with Crippen molar-refractivity contribution in [1.82, 2.24) is 4.98 Å². The summed E-state index contributed by atoms with van der Waals surface area (Å²) in [5, 5.41) is 0. The van der Waals surface area contributed by atoms with Crippen LogP contribution in [0.1, 0.15) is 41.5 Å². The van der Waals surface area contributed by atoms with E-state index in [2.05, 4.69) is 64.8 Å². The van der Waals surface area contributed by atoms with Crippen LogP contribution in [0.25, 0.3) is 0 Å². The molecular weight excluding hydrogens is 269 g/mol. The highest BCUT2D eigenvalue weighted by molar-refractivity contribution is 7.45. The smallest absolute Gasteiger partial charge is 0.308 e. The first-order valence-electron chi connectivity index (χ1n) is 5.99. The van der Waals surface area contributed by atoms with E-state index in [1.807, 2.05) is 0 Å². The molecule has 0 amide bonds. The fraction of sp³-hybridized carbons (Fsp3) is 0.692. The van der Waals surface area contributed by atoms with Crippen molar-refractivity contribution in [2.24, 2.45) is 5.41 Å². The van der Waals surface area contributed by atoms with Crippen molar-refractivity contribution in [3.05, 3.63) is 23.8 Å². The van der Waals surface area contributed by atoms with E-state index in [0.29, 0.717) is 0 Å². The maximum Gasteiger partial charge on any atom is 0.333 e. The van der Waals surface area contributed by atoms with Gasteiger partial charge in [0.1, 0.15) is 0 Å². The number of rotatable bonds is 2. The largest absolute Gasteiger partial charge is 0.333 e. The van der Waals surface area contributed by atoms with Crippen LogP contribution < -0.4 is 4.98 Å². The number of hydrogen-bond donors (Lipinski definition) is 1. The number of hydrogen-bond acceptors (Lipinski definition) is 1. The fourth-order valence-corrected chi connectivity index (χ4v) is 7.36. The van der Waals surface area contributed by atoms with Gasteiger partial charge in [-0.25, -0.2) is 0 Å². The second kappa shape index (κ2) is 4.73. The second-order valence-corrected chi connectivity index (χ2v) is 13.0. The summed E-state index contributed by atoms with van der Waals surface area (Å²) in [5.41, 5.74) is 1.53. The Morgan fingerprint density at radius 3 is 2.06 bits per heavy atom. The Balaban J connectivity index is 2.93. The maximum absolute atomic E-state index is 6.63. The van der Waals surface area contributed by atoms with Gasteiger partial charge < -0.3 is 4.98 Å². The van der Waals surface area contributed by atoms with E-state index in [1.165, 1.54) is 5.57 Å². The molecule has 0 radical (unpaired) electrons. The Morgan fingerprint density at radius 1 is 1.12 bits per heavy atom. The van der Waals surface area contributed by atoms with Gasteiger partial charge in [-0.15, -0.1) is 22.2 Å². The molecule has 0 bridgehead atoms. The van der Waals surface area contributed by atoms with Gasteiger partial charge >= 0.3 is 6.86 Å². The molecule has 1 unspecified atom stereocenters. The lowest BCUT2D eigenvalue weighted by atomic mass is 9.85. The van der Waals surface area contributed by atoms with Crippen LogP contribution in [0.15, 0.2) is 23.8 Å². The molecular formula is C13H23Cl2NSi. The zero-order valence-electron chi connectivity index (χ0n) is 11.6. The summed E-state index contributed by atoms with van der Waals surface area (Å²) in [5.74, 6) is 0. The van der Waals surface area contributed by atoms with Gasteiger partial charge in [0.25, 0.3) is 0 Å². The summed E-state index contributed by atoms with van der Waals surface area (Å²) < 4.78 is 0. The summed E-state index contributed by atoms with van der Waals surface area (Å²) >= 11 is 13.3. The molecule has 1 aliphatic carbocycles. The first-order chi connectivity index (χ1) is 7.43. The minimum atomic E-state index is -2.54. The molecule has 1 nitrogen and oxygen atoms in total. The SMILES string of the molecule is CC(C)(C)N[Si](Cl)(Cl)C1C=CC=C1C(C)(C)C. The first kappa shape index (κ1) is 15.3. The van der Waals surface area contributed by atoms with Crippen molar-refractivity contribution in [1.29, 1.82) is 0 Å². The minimum Gasteiger partial charge on any atom is -0.308 e. The third-order valence-electron chi connectivity index (χ3n) is 2.71. The molecule has 0 aromatic rings. The summed E-state index contributed by atoms with van der Waals surface area (Å²) in [7, 11) is 0. The second-order valence-electron chi connectivity index (χ2n) is 6.73. The topological polar surface area (TPSA) is 12.0 Å². The fourth-order valence-electron chi connectivity index (χ4n) is 2.09.